The summed E-state index contributed by atoms with van der Waals surface area (Å²) < 4.78 is 7.48. The van der Waals surface area contributed by atoms with E-state index in [2.05, 4.69) is 31.5 Å². The van der Waals surface area contributed by atoms with Crippen molar-refractivity contribution in [3.8, 4) is 0 Å². The molecule has 0 bridgehead atoms. The van der Waals surface area contributed by atoms with Gasteiger partial charge in [0.2, 0.25) is 5.91 Å². The molecule has 2 rings (SSSR count). The lowest BCUT2D eigenvalue weighted by molar-refractivity contribution is -0.119. The number of carbonyl (C=O) groups excluding carboxylic acids is 1. The average molecular weight is 313 g/mol. The number of hydrogen-bond acceptors (Lipinski definition) is 4. The van der Waals surface area contributed by atoms with Gasteiger partial charge in [0.05, 0.1) is 23.1 Å². The summed E-state index contributed by atoms with van der Waals surface area (Å²) >= 11 is 3.31. The van der Waals surface area contributed by atoms with E-state index in [9.17, 15) is 4.79 Å². The first-order chi connectivity index (χ1) is 8.54. The number of anilines is 1. The van der Waals surface area contributed by atoms with Gasteiger partial charge in [-0.2, -0.15) is 5.10 Å². The maximum Gasteiger partial charge on any atom is 0.230 e. The molecule has 1 atom stereocenters. The minimum Gasteiger partial charge on any atom is -0.360 e. The molecule has 1 amide bonds. The minimum atomic E-state index is -0.214. The Hall–Kier alpha value is -1.63. The number of aromatic nitrogens is 3. The zero-order chi connectivity index (χ0) is 13.1. The van der Waals surface area contributed by atoms with E-state index < -0.39 is 0 Å². The van der Waals surface area contributed by atoms with Crippen molar-refractivity contribution in [1.82, 2.24) is 14.9 Å². The number of amides is 1. The Bertz CT molecular complexity index is 549. The Morgan fingerprint density at radius 2 is 2.44 bits per heavy atom. The van der Waals surface area contributed by atoms with E-state index in [4.69, 9.17) is 4.52 Å². The van der Waals surface area contributed by atoms with Crippen LogP contribution in [0.25, 0.3) is 0 Å². The first-order valence-electron chi connectivity index (χ1n) is 5.47. The van der Waals surface area contributed by atoms with Crippen molar-refractivity contribution in [2.24, 2.45) is 5.92 Å². The van der Waals surface area contributed by atoms with Crippen LogP contribution in [0.3, 0.4) is 0 Å². The average Bonchev–Trinajstić information content (AvgIpc) is 2.88. The summed E-state index contributed by atoms with van der Waals surface area (Å²) in [5.74, 6) is 0.767. The van der Waals surface area contributed by atoms with Crippen LogP contribution in [0, 0.1) is 12.8 Å². The number of nitrogens with one attached hydrogen (secondary N) is 1. The number of nitrogens with zero attached hydrogens (tertiary/aromatic N) is 3. The first kappa shape index (κ1) is 12.8. The Morgan fingerprint density at radius 3 is 3.00 bits per heavy atom. The Balaban J connectivity index is 1.92. The van der Waals surface area contributed by atoms with Crippen LogP contribution in [0.1, 0.15) is 12.7 Å². The van der Waals surface area contributed by atoms with E-state index in [1.807, 2.05) is 13.1 Å². The first-order valence-corrected chi connectivity index (χ1v) is 6.26. The smallest absolute Gasteiger partial charge is 0.230 e. The Kier molecular flexibility index (Phi) is 3.81. The van der Waals surface area contributed by atoms with Gasteiger partial charge in [-0.25, -0.2) is 0 Å². The minimum absolute atomic E-state index is 0.116. The van der Waals surface area contributed by atoms with Gasteiger partial charge in [-0.3, -0.25) is 9.48 Å². The van der Waals surface area contributed by atoms with E-state index in [-0.39, 0.29) is 11.8 Å². The molecule has 0 saturated carbocycles. The quantitative estimate of drug-likeness (QED) is 0.939. The molecule has 7 heteroatoms. The molecule has 0 aliphatic rings. The monoisotopic (exact) mass is 312 g/mol. The van der Waals surface area contributed by atoms with Crippen molar-refractivity contribution in [2.75, 3.05) is 5.32 Å². The fourth-order valence-electron chi connectivity index (χ4n) is 1.48. The molecule has 0 spiro atoms. The normalized spacial score (nSPS) is 12.4. The highest BCUT2D eigenvalue weighted by Crippen LogP contribution is 2.11. The van der Waals surface area contributed by atoms with Crippen molar-refractivity contribution in [2.45, 2.75) is 20.4 Å². The van der Waals surface area contributed by atoms with E-state index in [0.717, 1.165) is 4.47 Å². The molecular weight excluding hydrogens is 300 g/mol. The second-order valence-corrected chi connectivity index (χ2v) is 5.01. The maximum atomic E-state index is 11.9. The van der Waals surface area contributed by atoms with Crippen LogP contribution in [0.4, 0.5) is 5.82 Å². The van der Waals surface area contributed by atoms with Gasteiger partial charge in [0, 0.05) is 12.3 Å². The summed E-state index contributed by atoms with van der Waals surface area (Å²) in [6.45, 7) is 4.11. The largest absolute Gasteiger partial charge is 0.360 e. The molecule has 0 aromatic carbocycles. The predicted octanol–water partition coefficient (Wildman–Crippen LogP) is 2.22. The Morgan fingerprint density at radius 1 is 1.67 bits per heavy atom. The number of carbonyl (C=O) groups is 1. The van der Waals surface area contributed by atoms with Crippen LogP contribution in [-0.4, -0.2) is 20.8 Å². The SMILES string of the molecule is Cc1cc(NC(=O)[C@H](C)Cn2cc(Br)cn2)no1. The highest BCUT2D eigenvalue weighted by Gasteiger charge is 2.15. The molecule has 2 aromatic rings. The van der Waals surface area contributed by atoms with E-state index in [0.29, 0.717) is 18.1 Å². The molecule has 2 heterocycles. The molecule has 0 radical (unpaired) electrons. The zero-order valence-electron chi connectivity index (χ0n) is 10.1. The number of aryl methyl sites for hydroxylation is 1. The van der Waals surface area contributed by atoms with E-state index in [1.165, 1.54) is 0 Å². The van der Waals surface area contributed by atoms with Gasteiger partial charge in [0.15, 0.2) is 5.82 Å². The van der Waals surface area contributed by atoms with Crippen molar-refractivity contribution >= 4 is 27.7 Å². The molecule has 0 saturated heterocycles. The van der Waals surface area contributed by atoms with Crippen LogP contribution in [-0.2, 0) is 11.3 Å². The summed E-state index contributed by atoms with van der Waals surface area (Å²) in [6, 6.07) is 1.68. The molecule has 1 N–H and O–H groups in total. The number of hydrogen-bond donors (Lipinski definition) is 1. The highest BCUT2D eigenvalue weighted by molar-refractivity contribution is 9.10. The van der Waals surface area contributed by atoms with Gasteiger partial charge in [0.25, 0.3) is 0 Å². The molecule has 6 nitrogen and oxygen atoms in total. The highest BCUT2D eigenvalue weighted by atomic mass is 79.9. The van der Waals surface area contributed by atoms with Crippen LogP contribution in [0.2, 0.25) is 0 Å². The summed E-state index contributed by atoms with van der Waals surface area (Å²) in [5, 5.41) is 10.5. The zero-order valence-corrected chi connectivity index (χ0v) is 11.6. The van der Waals surface area contributed by atoms with Crippen molar-refractivity contribution in [1.29, 1.82) is 0 Å². The molecule has 0 aliphatic carbocycles. The fraction of sp³-hybridized carbons (Fsp3) is 0.364. The molecule has 0 fully saturated rings. The maximum absolute atomic E-state index is 11.9. The van der Waals surface area contributed by atoms with Crippen molar-refractivity contribution < 1.29 is 9.32 Å². The van der Waals surface area contributed by atoms with Crippen LogP contribution in [0.15, 0.2) is 27.5 Å². The summed E-state index contributed by atoms with van der Waals surface area (Å²) in [5.41, 5.74) is 0. The third-order valence-electron chi connectivity index (χ3n) is 2.39. The lowest BCUT2D eigenvalue weighted by Gasteiger charge is -2.10. The van der Waals surface area contributed by atoms with Crippen molar-refractivity contribution in [3.63, 3.8) is 0 Å². The third kappa shape index (κ3) is 3.19. The van der Waals surface area contributed by atoms with Gasteiger partial charge >= 0.3 is 0 Å². The van der Waals surface area contributed by atoms with Gasteiger partial charge in [0.1, 0.15) is 5.76 Å². The van der Waals surface area contributed by atoms with Gasteiger partial charge in [-0.1, -0.05) is 12.1 Å². The van der Waals surface area contributed by atoms with Gasteiger partial charge in [-0.05, 0) is 22.9 Å². The molecule has 0 aliphatic heterocycles. The summed E-state index contributed by atoms with van der Waals surface area (Å²) in [4.78, 5) is 11.9. The predicted molar refractivity (Wildman–Crippen MR) is 69.0 cm³/mol. The molecular formula is C11H13BrN4O2. The fourth-order valence-corrected chi connectivity index (χ4v) is 1.80. The lowest BCUT2D eigenvalue weighted by Crippen LogP contribution is -2.24. The summed E-state index contributed by atoms with van der Waals surface area (Å²) in [7, 11) is 0. The lowest BCUT2D eigenvalue weighted by atomic mass is 10.1. The third-order valence-corrected chi connectivity index (χ3v) is 2.80. The Labute approximate surface area is 112 Å². The summed E-state index contributed by atoms with van der Waals surface area (Å²) in [6.07, 6.45) is 3.51. The molecule has 18 heavy (non-hydrogen) atoms. The van der Waals surface area contributed by atoms with Gasteiger partial charge in [-0.15, -0.1) is 0 Å². The molecule has 2 aromatic heterocycles. The second-order valence-electron chi connectivity index (χ2n) is 4.09. The second kappa shape index (κ2) is 5.34. The van der Waals surface area contributed by atoms with E-state index >= 15 is 0 Å². The molecule has 0 unspecified atom stereocenters. The van der Waals surface area contributed by atoms with Gasteiger partial charge < -0.3 is 9.84 Å². The van der Waals surface area contributed by atoms with Crippen LogP contribution < -0.4 is 5.32 Å². The van der Waals surface area contributed by atoms with Crippen molar-refractivity contribution in [3.05, 3.63) is 28.7 Å². The number of halogens is 1. The number of rotatable bonds is 4. The standard InChI is InChI=1S/C11H13BrN4O2/c1-7(5-16-6-9(12)4-13-16)11(17)14-10-3-8(2)18-15-10/h3-4,6-7H,5H2,1-2H3,(H,14,15,17)/t7-/m1/s1. The topological polar surface area (TPSA) is 73.0 Å². The van der Waals surface area contributed by atoms with Crippen LogP contribution >= 0.6 is 15.9 Å². The van der Waals surface area contributed by atoms with Crippen LogP contribution in [0.5, 0.6) is 0 Å². The van der Waals surface area contributed by atoms with E-state index in [1.54, 1.807) is 23.9 Å². The molecule has 96 valence electrons.